The molecule has 0 aliphatic heterocycles. The number of carbonyl (C=O) groups excluding carboxylic acids is 1. The van der Waals surface area contributed by atoms with Crippen molar-refractivity contribution in [2.75, 3.05) is 0 Å². The molecule has 1 nitrogen and oxygen atoms in total. The summed E-state index contributed by atoms with van der Waals surface area (Å²) in [5.41, 5.74) is -2.39. The maximum Gasteiger partial charge on any atom is 0.419 e. The summed E-state index contributed by atoms with van der Waals surface area (Å²) in [4.78, 5) is 12.0. The van der Waals surface area contributed by atoms with Gasteiger partial charge in [0.15, 0.2) is 5.78 Å². The number of carbonyl (C=O) groups is 1. The van der Waals surface area contributed by atoms with Crippen LogP contribution in [0.2, 0.25) is 0 Å². The van der Waals surface area contributed by atoms with E-state index in [-0.39, 0.29) is 0 Å². The van der Waals surface area contributed by atoms with E-state index in [2.05, 4.69) is 15.9 Å². The lowest BCUT2D eigenvalue weighted by Crippen LogP contribution is -2.11. The third kappa shape index (κ3) is 3.29. The van der Waals surface area contributed by atoms with E-state index in [1.54, 1.807) is 0 Å². The highest BCUT2D eigenvalue weighted by molar-refractivity contribution is 9.10. The summed E-state index contributed by atoms with van der Waals surface area (Å²) in [5.74, 6) is -3.33. The van der Waals surface area contributed by atoms with Gasteiger partial charge in [0.2, 0.25) is 0 Å². The minimum absolute atomic E-state index is 0.374. The van der Waals surface area contributed by atoms with Gasteiger partial charge in [0.05, 0.1) is 11.1 Å². The predicted octanol–water partition coefficient (Wildman–Crippen LogP) is 4.98. The summed E-state index contributed by atoms with van der Waals surface area (Å²) in [7, 11) is 0. The maximum atomic E-state index is 13.7. The number of rotatable bonds is 2. The average Bonchev–Trinajstić information content (AvgIpc) is 2.37. The lowest BCUT2D eigenvalue weighted by Gasteiger charge is -2.10. The topological polar surface area (TPSA) is 17.1 Å². The number of benzene rings is 2. The summed E-state index contributed by atoms with van der Waals surface area (Å²) in [6.07, 6.45) is -4.93. The minimum Gasteiger partial charge on any atom is -0.288 e. The number of hydrogen-bond acceptors (Lipinski definition) is 1. The van der Waals surface area contributed by atoms with Crippen LogP contribution in [0.1, 0.15) is 21.5 Å². The number of ketones is 1. The van der Waals surface area contributed by atoms with Gasteiger partial charge in [-0.05, 0) is 36.4 Å². The van der Waals surface area contributed by atoms with E-state index in [9.17, 15) is 26.7 Å². The normalized spacial score (nSPS) is 11.5. The van der Waals surface area contributed by atoms with E-state index >= 15 is 0 Å². The summed E-state index contributed by atoms with van der Waals surface area (Å²) < 4.78 is 65.0. The predicted molar refractivity (Wildman–Crippen MR) is 68.9 cm³/mol. The molecule has 0 aliphatic carbocycles. The zero-order valence-corrected chi connectivity index (χ0v) is 11.7. The first-order chi connectivity index (χ1) is 9.70. The zero-order chi connectivity index (χ0) is 15.8. The molecule has 0 atom stereocenters. The molecule has 0 fully saturated rings. The second-order valence-corrected chi connectivity index (χ2v) is 5.06. The average molecular weight is 365 g/mol. The summed E-state index contributed by atoms with van der Waals surface area (Å²) in [6, 6.07) is 5.32. The molecule has 0 saturated heterocycles. The number of hydrogen-bond donors (Lipinski definition) is 0. The molecule has 0 heterocycles. The van der Waals surface area contributed by atoms with Gasteiger partial charge in [-0.2, -0.15) is 13.2 Å². The Labute approximate surface area is 124 Å². The van der Waals surface area contributed by atoms with E-state index < -0.39 is 40.3 Å². The molecule has 0 bridgehead atoms. The Bertz CT molecular complexity index is 709. The van der Waals surface area contributed by atoms with Crippen molar-refractivity contribution in [1.29, 1.82) is 0 Å². The largest absolute Gasteiger partial charge is 0.419 e. The fourth-order valence-electron chi connectivity index (χ4n) is 1.71. The van der Waals surface area contributed by atoms with Crippen molar-refractivity contribution in [2.45, 2.75) is 6.18 Å². The third-order valence-electron chi connectivity index (χ3n) is 2.71. The lowest BCUT2D eigenvalue weighted by atomic mass is 10.0. The molecular weight excluding hydrogens is 359 g/mol. The van der Waals surface area contributed by atoms with Crippen LogP contribution in [0.3, 0.4) is 0 Å². The van der Waals surface area contributed by atoms with Gasteiger partial charge in [-0.25, -0.2) is 8.78 Å². The van der Waals surface area contributed by atoms with Crippen LogP contribution < -0.4 is 0 Å². The molecule has 0 amide bonds. The highest BCUT2D eigenvalue weighted by Gasteiger charge is 2.34. The van der Waals surface area contributed by atoms with E-state index in [1.165, 1.54) is 6.07 Å². The first kappa shape index (κ1) is 15.6. The van der Waals surface area contributed by atoms with Crippen LogP contribution >= 0.6 is 15.9 Å². The highest BCUT2D eigenvalue weighted by atomic mass is 79.9. The van der Waals surface area contributed by atoms with Gasteiger partial charge in [-0.1, -0.05) is 15.9 Å². The van der Waals surface area contributed by atoms with Crippen LogP contribution in [0.4, 0.5) is 22.0 Å². The second-order valence-electron chi connectivity index (χ2n) is 4.15. The number of alkyl halides is 3. The Morgan fingerprint density at radius 1 is 0.952 bits per heavy atom. The molecule has 7 heteroatoms. The van der Waals surface area contributed by atoms with Gasteiger partial charge < -0.3 is 0 Å². The first-order valence-corrected chi connectivity index (χ1v) is 6.36. The van der Waals surface area contributed by atoms with Crippen molar-refractivity contribution >= 4 is 21.7 Å². The van der Waals surface area contributed by atoms with E-state index in [1.807, 2.05) is 0 Å². The van der Waals surface area contributed by atoms with Crippen molar-refractivity contribution in [2.24, 2.45) is 0 Å². The molecule has 21 heavy (non-hydrogen) atoms. The Morgan fingerprint density at radius 3 is 2.19 bits per heavy atom. The van der Waals surface area contributed by atoms with Crippen molar-refractivity contribution in [1.82, 2.24) is 0 Å². The van der Waals surface area contributed by atoms with Crippen LogP contribution in [0.25, 0.3) is 0 Å². The van der Waals surface area contributed by atoms with E-state index in [0.717, 1.165) is 18.2 Å². The Balaban J connectivity index is 2.49. The van der Waals surface area contributed by atoms with Gasteiger partial charge in [0.25, 0.3) is 0 Å². The van der Waals surface area contributed by atoms with Gasteiger partial charge in [-0.3, -0.25) is 4.79 Å². The first-order valence-electron chi connectivity index (χ1n) is 5.56. The zero-order valence-electron chi connectivity index (χ0n) is 10.1. The standard InChI is InChI=1S/C14H6BrF5O/c15-8-2-3-9(12(17)6-8)13(21)7-1-4-11(16)10(5-7)14(18,19)20/h1-6H. The molecule has 0 aliphatic rings. The molecule has 0 unspecified atom stereocenters. The van der Waals surface area contributed by atoms with Gasteiger partial charge >= 0.3 is 6.18 Å². The summed E-state index contributed by atoms with van der Waals surface area (Å²) in [5, 5.41) is 0. The summed E-state index contributed by atoms with van der Waals surface area (Å²) in [6.45, 7) is 0. The van der Waals surface area contributed by atoms with Crippen LogP contribution in [-0.4, -0.2) is 5.78 Å². The van der Waals surface area contributed by atoms with Gasteiger partial charge in [0, 0.05) is 10.0 Å². The fraction of sp³-hybridized carbons (Fsp3) is 0.0714. The van der Waals surface area contributed by atoms with Gasteiger partial charge in [0.1, 0.15) is 11.6 Å². The minimum atomic E-state index is -4.93. The van der Waals surface area contributed by atoms with E-state index in [4.69, 9.17) is 0 Å². The van der Waals surface area contributed by atoms with Crippen LogP contribution in [-0.2, 0) is 6.18 Å². The monoisotopic (exact) mass is 364 g/mol. The SMILES string of the molecule is O=C(c1ccc(F)c(C(F)(F)F)c1)c1ccc(Br)cc1F. The fourth-order valence-corrected chi connectivity index (χ4v) is 2.05. The van der Waals surface area contributed by atoms with Crippen molar-refractivity contribution in [3.63, 3.8) is 0 Å². The maximum absolute atomic E-state index is 13.7. The van der Waals surface area contributed by atoms with Crippen molar-refractivity contribution in [3.8, 4) is 0 Å². The smallest absolute Gasteiger partial charge is 0.288 e. The Morgan fingerprint density at radius 2 is 1.62 bits per heavy atom. The second kappa shape index (κ2) is 5.55. The summed E-state index contributed by atoms with van der Waals surface area (Å²) >= 11 is 3.00. The Hall–Kier alpha value is -1.76. The van der Waals surface area contributed by atoms with Crippen LogP contribution in [0, 0.1) is 11.6 Å². The van der Waals surface area contributed by atoms with E-state index in [0.29, 0.717) is 16.6 Å². The van der Waals surface area contributed by atoms with Crippen molar-refractivity contribution in [3.05, 3.63) is 69.2 Å². The molecule has 0 aromatic heterocycles. The van der Waals surface area contributed by atoms with Crippen LogP contribution in [0.5, 0.6) is 0 Å². The number of halogens is 6. The molecule has 2 aromatic carbocycles. The van der Waals surface area contributed by atoms with Crippen molar-refractivity contribution < 1.29 is 26.7 Å². The van der Waals surface area contributed by atoms with Gasteiger partial charge in [-0.15, -0.1) is 0 Å². The molecule has 2 aromatic rings. The molecule has 0 spiro atoms. The molecule has 2 rings (SSSR count). The lowest BCUT2D eigenvalue weighted by molar-refractivity contribution is -0.140. The third-order valence-corrected chi connectivity index (χ3v) is 3.20. The molecular formula is C14H6BrF5O. The molecule has 110 valence electrons. The highest BCUT2D eigenvalue weighted by Crippen LogP contribution is 2.32. The Kier molecular flexibility index (Phi) is 4.13. The molecule has 0 saturated carbocycles. The molecule has 0 radical (unpaired) electrons. The van der Waals surface area contributed by atoms with Crippen LogP contribution in [0.15, 0.2) is 40.9 Å². The quantitative estimate of drug-likeness (QED) is 0.542. The molecule has 0 N–H and O–H groups in total.